The van der Waals surface area contributed by atoms with Crippen molar-refractivity contribution in [2.45, 2.75) is 17.8 Å². The van der Waals surface area contributed by atoms with Gasteiger partial charge in [-0.2, -0.15) is 5.10 Å². The molecular formula is C17H21N5O3S. The first-order chi connectivity index (χ1) is 12.7. The highest BCUT2D eigenvalue weighted by atomic mass is 32.2. The van der Waals surface area contributed by atoms with E-state index in [1.807, 2.05) is 24.3 Å². The zero-order valence-corrected chi connectivity index (χ0v) is 15.4. The van der Waals surface area contributed by atoms with Gasteiger partial charge in [0.1, 0.15) is 6.33 Å². The summed E-state index contributed by atoms with van der Waals surface area (Å²) in [4.78, 5) is 31.8. The van der Waals surface area contributed by atoms with Crippen LogP contribution in [0.4, 0.5) is 4.79 Å². The highest BCUT2D eigenvalue weighted by Crippen LogP contribution is 2.19. The minimum atomic E-state index is -0.312. The standard InChI is InChI=1S/C17H21N5O3S/c1-2-25-17(24)22-9-7-21(8-10-22)15(23)14-5-3-13(4-6-14)11-26-16-18-12-19-20-16/h3-6,12H,2,7-11H2,1H3,(H,18,19,20). The van der Waals surface area contributed by atoms with E-state index in [4.69, 9.17) is 4.74 Å². The Morgan fingerprint density at radius 2 is 1.85 bits per heavy atom. The van der Waals surface area contributed by atoms with E-state index in [2.05, 4.69) is 15.2 Å². The molecule has 1 saturated heterocycles. The molecule has 0 spiro atoms. The summed E-state index contributed by atoms with van der Waals surface area (Å²) in [6.07, 6.45) is 1.17. The molecule has 0 atom stereocenters. The minimum Gasteiger partial charge on any atom is -0.450 e. The average Bonchev–Trinajstić information content (AvgIpc) is 3.20. The zero-order valence-electron chi connectivity index (χ0n) is 14.6. The van der Waals surface area contributed by atoms with Crippen LogP contribution in [0.5, 0.6) is 0 Å². The number of aromatic nitrogens is 3. The third-order valence-corrected chi connectivity index (χ3v) is 5.01. The van der Waals surface area contributed by atoms with Gasteiger partial charge in [-0.15, -0.1) is 0 Å². The topological polar surface area (TPSA) is 91.4 Å². The maximum atomic E-state index is 12.6. The molecule has 3 rings (SSSR count). The van der Waals surface area contributed by atoms with Gasteiger partial charge < -0.3 is 14.5 Å². The number of amides is 2. The van der Waals surface area contributed by atoms with E-state index in [0.717, 1.165) is 16.5 Å². The molecule has 1 aliphatic heterocycles. The van der Waals surface area contributed by atoms with E-state index in [1.54, 1.807) is 28.5 Å². The van der Waals surface area contributed by atoms with Gasteiger partial charge in [0.05, 0.1) is 6.61 Å². The quantitative estimate of drug-likeness (QED) is 0.804. The van der Waals surface area contributed by atoms with Gasteiger partial charge in [0.2, 0.25) is 0 Å². The first kappa shape index (κ1) is 18.2. The molecule has 2 heterocycles. The van der Waals surface area contributed by atoms with E-state index < -0.39 is 0 Å². The van der Waals surface area contributed by atoms with Crippen LogP contribution >= 0.6 is 11.8 Å². The van der Waals surface area contributed by atoms with Crippen molar-refractivity contribution >= 4 is 23.8 Å². The Balaban J connectivity index is 1.51. The number of aromatic amines is 1. The molecule has 2 amide bonds. The molecular weight excluding hydrogens is 354 g/mol. The van der Waals surface area contributed by atoms with Crippen molar-refractivity contribution in [1.29, 1.82) is 0 Å². The fraction of sp³-hybridized carbons (Fsp3) is 0.412. The lowest BCUT2D eigenvalue weighted by atomic mass is 10.1. The largest absolute Gasteiger partial charge is 0.450 e. The number of carbonyl (C=O) groups excluding carboxylic acids is 2. The number of piperazine rings is 1. The second kappa shape index (κ2) is 8.70. The first-order valence-corrected chi connectivity index (χ1v) is 9.44. The van der Waals surface area contributed by atoms with Gasteiger partial charge in [0.15, 0.2) is 5.16 Å². The number of nitrogens with one attached hydrogen (secondary N) is 1. The Hall–Kier alpha value is -2.55. The second-order valence-corrected chi connectivity index (χ2v) is 6.72. The Morgan fingerprint density at radius 1 is 1.15 bits per heavy atom. The molecule has 2 aromatic rings. The Labute approximate surface area is 155 Å². The molecule has 9 heteroatoms. The SMILES string of the molecule is CCOC(=O)N1CCN(C(=O)c2ccc(CSc3ncn[nH]3)cc2)CC1. The lowest BCUT2D eigenvalue weighted by Crippen LogP contribution is -2.50. The van der Waals surface area contributed by atoms with Crippen LogP contribution < -0.4 is 0 Å². The number of hydrogen-bond acceptors (Lipinski definition) is 6. The summed E-state index contributed by atoms with van der Waals surface area (Å²) in [6, 6.07) is 7.59. The van der Waals surface area contributed by atoms with Crippen LogP contribution in [-0.4, -0.2) is 69.8 Å². The normalized spacial score (nSPS) is 14.3. The van der Waals surface area contributed by atoms with Crippen LogP contribution in [-0.2, 0) is 10.5 Å². The highest BCUT2D eigenvalue weighted by molar-refractivity contribution is 7.98. The molecule has 1 N–H and O–H groups in total. The third-order valence-electron chi connectivity index (χ3n) is 4.06. The number of H-pyrrole nitrogens is 1. The molecule has 0 unspecified atom stereocenters. The lowest BCUT2D eigenvalue weighted by Gasteiger charge is -2.34. The monoisotopic (exact) mass is 375 g/mol. The summed E-state index contributed by atoms with van der Waals surface area (Å²) < 4.78 is 5.00. The number of ether oxygens (including phenoxy) is 1. The van der Waals surface area contributed by atoms with Gasteiger partial charge >= 0.3 is 6.09 Å². The van der Waals surface area contributed by atoms with E-state index in [9.17, 15) is 9.59 Å². The van der Waals surface area contributed by atoms with Crippen molar-refractivity contribution in [3.8, 4) is 0 Å². The van der Waals surface area contributed by atoms with Crippen LogP contribution in [0.3, 0.4) is 0 Å². The fourth-order valence-electron chi connectivity index (χ4n) is 2.65. The third kappa shape index (κ3) is 4.54. The van der Waals surface area contributed by atoms with E-state index in [0.29, 0.717) is 38.3 Å². The first-order valence-electron chi connectivity index (χ1n) is 8.45. The predicted molar refractivity (Wildman–Crippen MR) is 96.9 cm³/mol. The molecule has 0 bridgehead atoms. The fourth-order valence-corrected chi connectivity index (χ4v) is 3.38. The van der Waals surface area contributed by atoms with Crippen molar-refractivity contribution in [1.82, 2.24) is 25.0 Å². The summed E-state index contributed by atoms with van der Waals surface area (Å²) in [6.45, 7) is 4.17. The summed E-state index contributed by atoms with van der Waals surface area (Å²) in [7, 11) is 0. The minimum absolute atomic E-state index is 0.0112. The van der Waals surface area contributed by atoms with Gasteiger partial charge in [-0.3, -0.25) is 9.89 Å². The van der Waals surface area contributed by atoms with Crippen molar-refractivity contribution in [3.05, 3.63) is 41.7 Å². The van der Waals surface area contributed by atoms with Gasteiger partial charge in [-0.25, -0.2) is 9.78 Å². The van der Waals surface area contributed by atoms with Crippen LogP contribution in [0.2, 0.25) is 0 Å². The molecule has 0 radical (unpaired) electrons. The molecule has 1 fully saturated rings. The van der Waals surface area contributed by atoms with Crippen LogP contribution in [0, 0.1) is 0 Å². The maximum absolute atomic E-state index is 12.6. The van der Waals surface area contributed by atoms with Gasteiger partial charge in [-0.1, -0.05) is 23.9 Å². The van der Waals surface area contributed by atoms with E-state index >= 15 is 0 Å². The predicted octanol–water partition coefficient (Wildman–Crippen LogP) is 2.01. The Morgan fingerprint density at radius 3 is 2.46 bits per heavy atom. The Kier molecular flexibility index (Phi) is 6.11. The number of benzene rings is 1. The molecule has 8 nitrogen and oxygen atoms in total. The van der Waals surface area contributed by atoms with Gasteiger partial charge in [0, 0.05) is 37.5 Å². The summed E-state index contributed by atoms with van der Waals surface area (Å²) >= 11 is 1.56. The second-order valence-electron chi connectivity index (χ2n) is 5.75. The highest BCUT2D eigenvalue weighted by Gasteiger charge is 2.25. The number of thioether (sulfide) groups is 1. The maximum Gasteiger partial charge on any atom is 0.409 e. The molecule has 0 saturated carbocycles. The van der Waals surface area contributed by atoms with Crippen molar-refractivity contribution in [2.24, 2.45) is 0 Å². The molecule has 0 aliphatic carbocycles. The number of rotatable bonds is 5. The molecule has 1 aromatic heterocycles. The summed E-state index contributed by atoms with van der Waals surface area (Å²) in [5, 5.41) is 7.38. The van der Waals surface area contributed by atoms with Gasteiger partial charge in [0.25, 0.3) is 5.91 Å². The molecule has 138 valence electrons. The van der Waals surface area contributed by atoms with E-state index in [1.165, 1.54) is 6.33 Å². The number of carbonyl (C=O) groups is 2. The van der Waals surface area contributed by atoms with Crippen LogP contribution in [0.1, 0.15) is 22.8 Å². The van der Waals surface area contributed by atoms with E-state index in [-0.39, 0.29) is 12.0 Å². The van der Waals surface area contributed by atoms with Crippen molar-refractivity contribution in [2.75, 3.05) is 32.8 Å². The molecule has 1 aromatic carbocycles. The smallest absolute Gasteiger partial charge is 0.409 e. The van der Waals surface area contributed by atoms with Crippen LogP contribution in [0.25, 0.3) is 0 Å². The van der Waals surface area contributed by atoms with Gasteiger partial charge in [-0.05, 0) is 24.6 Å². The number of nitrogens with zero attached hydrogens (tertiary/aromatic N) is 4. The summed E-state index contributed by atoms with van der Waals surface area (Å²) in [5.74, 6) is 0.741. The van der Waals surface area contributed by atoms with Crippen LogP contribution in [0.15, 0.2) is 35.7 Å². The zero-order chi connectivity index (χ0) is 18.4. The lowest BCUT2D eigenvalue weighted by molar-refractivity contribution is 0.0570. The number of hydrogen-bond donors (Lipinski definition) is 1. The average molecular weight is 375 g/mol. The summed E-state index contributed by atoms with van der Waals surface area (Å²) in [5.41, 5.74) is 1.76. The Bertz CT molecular complexity index is 727. The molecule has 26 heavy (non-hydrogen) atoms. The molecule has 1 aliphatic rings. The van der Waals surface area contributed by atoms with Crippen molar-refractivity contribution in [3.63, 3.8) is 0 Å². The van der Waals surface area contributed by atoms with Crippen molar-refractivity contribution < 1.29 is 14.3 Å².